The van der Waals surface area contributed by atoms with Crippen LogP contribution in [0.25, 0.3) is 0 Å². The van der Waals surface area contributed by atoms with Crippen molar-refractivity contribution in [1.82, 2.24) is 15.0 Å². The fourth-order valence-electron chi connectivity index (χ4n) is 2.58. The molecule has 1 aromatic heterocycles. The zero-order valence-electron chi connectivity index (χ0n) is 11.0. The fourth-order valence-corrected chi connectivity index (χ4v) is 2.58. The minimum absolute atomic E-state index is 0.699. The summed E-state index contributed by atoms with van der Waals surface area (Å²) in [6.07, 6.45) is 7.18. The minimum atomic E-state index is 0.699. The molecule has 1 aromatic rings. The Morgan fingerprint density at radius 1 is 1.35 bits per heavy atom. The molecule has 2 rings (SSSR count). The highest BCUT2D eigenvalue weighted by Crippen LogP contribution is 2.21. The predicted molar refractivity (Wildman–Crippen MR) is 66.6 cm³/mol. The van der Waals surface area contributed by atoms with Crippen molar-refractivity contribution < 1.29 is 4.52 Å². The normalized spacial score (nSPS) is 21.9. The van der Waals surface area contributed by atoms with Gasteiger partial charge in [0.05, 0.1) is 6.54 Å². The number of likely N-dealkylation sites (tertiary alicyclic amines) is 1. The third kappa shape index (κ3) is 3.28. The van der Waals surface area contributed by atoms with E-state index in [2.05, 4.69) is 28.9 Å². The molecule has 2 heterocycles. The lowest BCUT2D eigenvalue weighted by atomic mass is 10.0. The third-order valence-electron chi connectivity index (χ3n) is 3.54. The number of aryl methyl sites for hydroxylation is 1. The van der Waals surface area contributed by atoms with Gasteiger partial charge < -0.3 is 4.52 Å². The van der Waals surface area contributed by atoms with Crippen LogP contribution in [0.5, 0.6) is 0 Å². The van der Waals surface area contributed by atoms with Crippen molar-refractivity contribution in [2.75, 3.05) is 6.54 Å². The van der Waals surface area contributed by atoms with Gasteiger partial charge in [-0.05, 0) is 32.2 Å². The van der Waals surface area contributed by atoms with Crippen molar-refractivity contribution in [1.29, 1.82) is 0 Å². The molecule has 1 fully saturated rings. The van der Waals surface area contributed by atoms with Crippen LogP contribution in [0.15, 0.2) is 4.52 Å². The van der Waals surface area contributed by atoms with Crippen molar-refractivity contribution in [2.45, 2.75) is 65.0 Å². The van der Waals surface area contributed by atoms with Crippen molar-refractivity contribution in [2.24, 2.45) is 0 Å². The van der Waals surface area contributed by atoms with Gasteiger partial charge in [-0.2, -0.15) is 4.98 Å². The molecular weight excluding hydrogens is 214 g/mol. The van der Waals surface area contributed by atoms with Gasteiger partial charge in [0.1, 0.15) is 0 Å². The van der Waals surface area contributed by atoms with Gasteiger partial charge in [-0.1, -0.05) is 25.4 Å². The summed E-state index contributed by atoms with van der Waals surface area (Å²) in [4.78, 5) is 6.94. The topological polar surface area (TPSA) is 42.2 Å². The van der Waals surface area contributed by atoms with Crippen LogP contribution in [0.3, 0.4) is 0 Å². The lowest BCUT2D eigenvalue weighted by Gasteiger charge is -2.33. The van der Waals surface area contributed by atoms with Crippen LogP contribution in [-0.4, -0.2) is 27.6 Å². The molecule has 0 N–H and O–H groups in total. The van der Waals surface area contributed by atoms with E-state index in [1.54, 1.807) is 0 Å². The number of hydrogen-bond acceptors (Lipinski definition) is 4. The maximum atomic E-state index is 5.31. The molecule has 1 aliphatic heterocycles. The molecule has 0 unspecified atom stereocenters. The maximum absolute atomic E-state index is 5.31. The van der Waals surface area contributed by atoms with E-state index in [0.29, 0.717) is 6.04 Å². The first-order valence-electron chi connectivity index (χ1n) is 6.89. The second kappa shape index (κ2) is 6.15. The van der Waals surface area contributed by atoms with Crippen LogP contribution in [0.1, 0.15) is 57.7 Å². The van der Waals surface area contributed by atoms with E-state index in [-0.39, 0.29) is 0 Å². The standard InChI is InChI=1S/C13H23N3O/c1-3-7-12-14-13(17-15-12)10-16-9-6-5-8-11(16)4-2/h11H,3-10H2,1-2H3/t11-/m0/s1. The number of rotatable bonds is 5. The number of hydrogen-bond donors (Lipinski definition) is 0. The highest BCUT2D eigenvalue weighted by Gasteiger charge is 2.22. The molecule has 4 nitrogen and oxygen atoms in total. The van der Waals surface area contributed by atoms with Gasteiger partial charge in [-0.25, -0.2) is 0 Å². The number of piperidine rings is 1. The molecular formula is C13H23N3O. The molecule has 0 spiro atoms. The molecule has 0 radical (unpaired) electrons. The van der Waals surface area contributed by atoms with Crippen molar-refractivity contribution in [3.63, 3.8) is 0 Å². The van der Waals surface area contributed by atoms with E-state index in [1.165, 1.54) is 32.2 Å². The summed E-state index contributed by atoms with van der Waals surface area (Å²) in [6.45, 7) is 6.40. The van der Waals surface area contributed by atoms with Crippen LogP contribution < -0.4 is 0 Å². The van der Waals surface area contributed by atoms with Gasteiger partial charge in [0.15, 0.2) is 5.82 Å². The molecule has 0 amide bonds. The summed E-state index contributed by atoms with van der Waals surface area (Å²) in [5, 5.41) is 4.01. The molecule has 1 saturated heterocycles. The predicted octanol–water partition coefficient (Wildman–Crippen LogP) is 2.79. The first kappa shape index (κ1) is 12.6. The van der Waals surface area contributed by atoms with E-state index in [4.69, 9.17) is 4.52 Å². The summed E-state index contributed by atoms with van der Waals surface area (Å²) in [5.41, 5.74) is 0. The largest absolute Gasteiger partial charge is 0.338 e. The van der Waals surface area contributed by atoms with E-state index in [0.717, 1.165) is 31.1 Å². The lowest BCUT2D eigenvalue weighted by molar-refractivity contribution is 0.120. The van der Waals surface area contributed by atoms with Crippen LogP contribution >= 0.6 is 0 Å². The van der Waals surface area contributed by atoms with E-state index in [1.807, 2.05) is 0 Å². The first-order valence-corrected chi connectivity index (χ1v) is 6.89. The van der Waals surface area contributed by atoms with Crippen molar-refractivity contribution in [3.05, 3.63) is 11.7 Å². The van der Waals surface area contributed by atoms with E-state index >= 15 is 0 Å². The number of aromatic nitrogens is 2. The Bertz CT molecular complexity index is 337. The Kier molecular flexibility index (Phi) is 4.54. The summed E-state index contributed by atoms with van der Waals surface area (Å²) in [5.74, 6) is 1.64. The van der Waals surface area contributed by atoms with Gasteiger partial charge in [-0.3, -0.25) is 4.90 Å². The van der Waals surface area contributed by atoms with Gasteiger partial charge in [0.2, 0.25) is 5.89 Å². The van der Waals surface area contributed by atoms with Crippen LogP contribution in [0, 0.1) is 0 Å². The Balaban J connectivity index is 1.93. The second-order valence-corrected chi connectivity index (χ2v) is 4.88. The SMILES string of the molecule is CCCc1noc(CN2CCCC[C@@H]2CC)n1. The molecule has 0 aliphatic carbocycles. The molecule has 1 atom stereocenters. The average Bonchev–Trinajstić information content (AvgIpc) is 2.78. The Morgan fingerprint density at radius 3 is 3.00 bits per heavy atom. The lowest BCUT2D eigenvalue weighted by Crippen LogP contribution is -2.38. The second-order valence-electron chi connectivity index (χ2n) is 4.88. The summed E-state index contributed by atoms with van der Waals surface area (Å²) in [7, 11) is 0. The highest BCUT2D eigenvalue weighted by molar-refractivity contribution is 4.88. The molecule has 0 bridgehead atoms. The summed E-state index contributed by atoms with van der Waals surface area (Å²) in [6, 6.07) is 0.699. The highest BCUT2D eigenvalue weighted by atomic mass is 16.5. The molecule has 1 aliphatic rings. The van der Waals surface area contributed by atoms with E-state index < -0.39 is 0 Å². The van der Waals surface area contributed by atoms with Gasteiger partial charge >= 0.3 is 0 Å². The Labute approximate surface area is 103 Å². The number of nitrogens with zero attached hydrogens (tertiary/aromatic N) is 3. The van der Waals surface area contributed by atoms with Gasteiger partial charge in [0, 0.05) is 12.5 Å². The van der Waals surface area contributed by atoms with Crippen molar-refractivity contribution in [3.8, 4) is 0 Å². The molecule has 0 aromatic carbocycles. The quantitative estimate of drug-likeness (QED) is 0.789. The van der Waals surface area contributed by atoms with Crippen LogP contribution in [0.4, 0.5) is 0 Å². The Morgan fingerprint density at radius 2 is 2.24 bits per heavy atom. The average molecular weight is 237 g/mol. The minimum Gasteiger partial charge on any atom is -0.338 e. The van der Waals surface area contributed by atoms with Gasteiger partial charge in [-0.15, -0.1) is 0 Å². The first-order chi connectivity index (χ1) is 8.33. The van der Waals surface area contributed by atoms with Crippen LogP contribution in [0.2, 0.25) is 0 Å². The molecule has 0 saturated carbocycles. The maximum Gasteiger partial charge on any atom is 0.240 e. The molecule has 17 heavy (non-hydrogen) atoms. The molecule has 96 valence electrons. The zero-order valence-corrected chi connectivity index (χ0v) is 11.0. The van der Waals surface area contributed by atoms with Crippen LogP contribution in [-0.2, 0) is 13.0 Å². The Hall–Kier alpha value is -0.900. The monoisotopic (exact) mass is 237 g/mol. The fraction of sp³-hybridized carbons (Fsp3) is 0.846. The van der Waals surface area contributed by atoms with Gasteiger partial charge in [0.25, 0.3) is 0 Å². The van der Waals surface area contributed by atoms with Crippen molar-refractivity contribution >= 4 is 0 Å². The smallest absolute Gasteiger partial charge is 0.240 e. The third-order valence-corrected chi connectivity index (χ3v) is 3.54. The summed E-state index contributed by atoms with van der Waals surface area (Å²) < 4.78 is 5.31. The molecule has 4 heteroatoms. The zero-order chi connectivity index (χ0) is 12.1. The summed E-state index contributed by atoms with van der Waals surface area (Å²) >= 11 is 0. The van der Waals surface area contributed by atoms with E-state index in [9.17, 15) is 0 Å².